The van der Waals surface area contributed by atoms with E-state index in [1.807, 2.05) is 0 Å². The van der Waals surface area contributed by atoms with Gasteiger partial charge in [-0.25, -0.2) is 0 Å². The number of methoxy groups -OCH3 is 1. The Kier molecular flexibility index (Phi) is 5.51. The quantitative estimate of drug-likeness (QED) is 0.674. The predicted molar refractivity (Wildman–Crippen MR) is 86.3 cm³/mol. The molecule has 3 atom stereocenters. The molecule has 0 aliphatic heterocycles. The van der Waals surface area contributed by atoms with Crippen LogP contribution in [0.4, 0.5) is 0 Å². The second kappa shape index (κ2) is 7.15. The topological polar surface area (TPSA) is 9.23 Å². The van der Waals surface area contributed by atoms with Crippen molar-refractivity contribution in [2.45, 2.75) is 58.8 Å². The van der Waals surface area contributed by atoms with Gasteiger partial charge in [-0.1, -0.05) is 52.2 Å². The maximum Gasteiger partial charge on any atom is 0.118 e. The fourth-order valence-corrected chi connectivity index (χ4v) is 3.72. The Morgan fingerprint density at radius 3 is 2.40 bits per heavy atom. The molecule has 0 bridgehead atoms. The first-order valence-corrected chi connectivity index (χ1v) is 8.24. The Morgan fingerprint density at radius 1 is 1.10 bits per heavy atom. The van der Waals surface area contributed by atoms with E-state index in [9.17, 15) is 0 Å². The van der Waals surface area contributed by atoms with E-state index in [1.165, 1.54) is 37.7 Å². The first kappa shape index (κ1) is 15.4. The summed E-state index contributed by atoms with van der Waals surface area (Å²) in [6.45, 7) is 7.15. The summed E-state index contributed by atoms with van der Waals surface area (Å²) in [4.78, 5) is 0. The lowest BCUT2D eigenvalue weighted by Gasteiger charge is -2.33. The van der Waals surface area contributed by atoms with E-state index in [2.05, 4.69) is 45.0 Å². The van der Waals surface area contributed by atoms with Crippen molar-refractivity contribution in [2.75, 3.05) is 7.11 Å². The Morgan fingerprint density at radius 2 is 1.80 bits per heavy atom. The monoisotopic (exact) mass is 274 g/mol. The largest absolute Gasteiger partial charge is 0.497 e. The van der Waals surface area contributed by atoms with Crippen molar-refractivity contribution in [3.8, 4) is 5.75 Å². The van der Waals surface area contributed by atoms with Crippen LogP contribution in [-0.2, 0) is 0 Å². The van der Waals surface area contributed by atoms with Crippen LogP contribution in [0, 0.1) is 17.8 Å². The summed E-state index contributed by atoms with van der Waals surface area (Å²) in [5.74, 6) is 4.36. The molecule has 1 nitrogen and oxygen atoms in total. The van der Waals surface area contributed by atoms with Crippen LogP contribution in [0.1, 0.15) is 64.4 Å². The highest BCUT2D eigenvalue weighted by atomic mass is 16.5. The molecule has 0 unspecified atom stereocenters. The third-order valence-electron chi connectivity index (χ3n) is 5.14. The molecular weight excluding hydrogens is 244 g/mol. The minimum absolute atomic E-state index is 0.664. The maximum absolute atomic E-state index is 5.24. The van der Waals surface area contributed by atoms with E-state index in [0.29, 0.717) is 5.92 Å². The second-order valence-corrected chi connectivity index (χ2v) is 6.95. The zero-order chi connectivity index (χ0) is 14.5. The molecule has 1 heteroatoms. The van der Waals surface area contributed by atoms with Crippen LogP contribution < -0.4 is 4.74 Å². The van der Waals surface area contributed by atoms with Crippen molar-refractivity contribution in [1.29, 1.82) is 0 Å². The number of hydrogen-bond acceptors (Lipinski definition) is 1. The summed E-state index contributed by atoms with van der Waals surface area (Å²) in [5, 5.41) is 0. The Balaban J connectivity index is 1.91. The number of hydrogen-bond donors (Lipinski definition) is 0. The zero-order valence-corrected chi connectivity index (χ0v) is 13.6. The van der Waals surface area contributed by atoms with Gasteiger partial charge < -0.3 is 4.74 Å². The van der Waals surface area contributed by atoms with Crippen LogP contribution in [0.25, 0.3) is 0 Å². The molecule has 0 spiro atoms. The third-order valence-corrected chi connectivity index (χ3v) is 5.14. The molecule has 112 valence electrons. The van der Waals surface area contributed by atoms with E-state index in [1.54, 1.807) is 7.11 Å². The van der Waals surface area contributed by atoms with Crippen molar-refractivity contribution in [3.63, 3.8) is 0 Å². The lowest BCUT2D eigenvalue weighted by atomic mass is 9.73. The molecule has 1 fully saturated rings. The first-order valence-electron chi connectivity index (χ1n) is 8.24. The van der Waals surface area contributed by atoms with Gasteiger partial charge in [-0.05, 0) is 54.2 Å². The highest BCUT2D eigenvalue weighted by Gasteiger charge is 2.25. The number of ether oxygens (including phenoxy) is 1. The van der Waals surface area contributed by atoms with E-state index < -0.39 is 0 Å². The van der Waals surface area contributed by atoms with Crippen LogP contribution in [0.15, 0.2) is 24.3 Å². The normalized spacial score (nSPS) is 24.6. The zero-order valence-electron chi connectivity index (χ0n) is 13.6. The molecule has 0 N–H and O–H groups in total. The van der Waals surface area contributed by atoms with Crippen molar-refractivity contribution < 1.29 is 4.74 Å². The summed E-state index contributed by atoms with van der Waals surface area (Å²) in [5.41, 5.74) is 1.46. The summed E-state index contributed by atoms with van der Waals surface area (Å²) >= 11 is 0. The van der Waals surface area contributed by atoms with E-state index in [0.717, 1.165) is 23.5 Å². The molecule has 2 rings (SSSR count). The van der Waals surface area contributed by atoms with Crippen molar-refractivity contribution >= 4 is 0 Å². The SMILES string of the molecule is COc1ccc([C@H](C)C[C@H]2CCC[C@H](C(C)C)C2)cc1. The molecule has 0 saturated heterocycles. The molecule has 1 aromatic rings. The average Bonchev–Trinajstić information content (AvgIpc) is 2.47. The lowest BCUT2D eigenvalue weighted by Crippen LogP contribution is -2.20. The van der Waals surface area contributed by atoms with Crippen molar-refractivity contribution in [2.24, 2.45) is 17.8 Å². The van der Waals surface area contributed by atoms with Crippen molar-refractivity contribution in [3.05, 3.63) is 29.8 Å². The molecule has 0 radical (unpaired) electrons. The molecule has 0 amide bonds. The Hall–Kier alpha value is -0.980. The minimum atomic E-state index is 0.664. The second-order valence-electron chi connectivity index (χ2n) is 6.95. The average molecular weight is 274 g/mol. The Bertz CT molecular complexity index is 393. The van der Waals surface area contributed by atoms with Gasteiger partial charge in [0.05, 0.1) is 7.11 Å². The van der Waals surface area contributed by atoms with E-state index >= 15 is 0 Å². The van der Waals surface area contributed by atoms with Gasteiger partial charge in [0.1, 0.15) is 5.75 Å². The molecule has 1 aromatic carbocycles. The van der Waals surface area contributed by atoms with Crippen molar-refractivity contribution in [1.82, 2.24) is 0 Å². The maximum atomic E-state index is 5.24. The fraction of sp³-hybridized carbons (Fsp3) is 0.684. The molecule has 1 aliphatic carbocycles. The molecule has 20 heavy (non-hydrogen) atoms. The smallest absolute Gasteiger partial charge is 0.118 e. The van der Waals surface area contributed by atoms with Gasteiger partial charge in [0.15, 0.2) is 0 Å². The van der Waals surface area contributed by atoms with Crippen LogP contribution in [0.2, 0.25) is 0 Å². The van der Waals surface area contributed by atoms with Gasteiger partial charge in [0, 0.05) is 0 Å². The number of benzene rings is 1. The number of rotatable bonds is 5. The molecule has 0 aromatic heterocycles. The van der Waals surface area contributed by atoms with Crippen LogP contribution in [0.3, 0.4) is 0 Å². The third kappa shape index (κ3) is 4.01. The van der Waals surface area contributed by atoms with Gasteiger partial charge >= 0.3 is 0 Å². The molecule has 1 saturated carbocycles. The lowest BCUT2D eigenvalue weighted by molar-refractivity contribution is 0.201. The Labute approximate surface area is 124 Å². The summed E-state index contributed by atoms with van der Waals surface area (Å²) in [6.07, 6.45) is 7.10. The van der Waals surface area contributed by atoms with Gasteiger partial charge in [-0.15, -0.1) is 0 Å². The predicted octanol–water partition coefficient (Wildman–Crippen LogP) is 5.65. The summed E-state index contributed by atoms with van der Waals surface area (Å²) < 4.78 is 5.24. The summed E-state index contributed by atoms with van der Waals surface area (Å²) in [6, 6.07) is 8.63. The highest BCUT2D eigenvalue weighted by Crippen LogP contribution is 2.38. The van der Waals surface area contributed by atoms with E-state index in [-0.39, 0.29) is 0 Å². The highest BCUT2D eigenvalue weighted by molar-refractivity contribution is 5.29. The van der Waals surface area contributed by atoms with Crippen LogP contribution >= 0.6 is 0 Å². The van der Waals surface area contributed by atoms with Gasteiger partial charge in [-0.2, -0.15) is 0 Å². The molecule has 0 heterocycles. The minimum Gasteiger partial charge on any atom is -0.497 e. The molecule has 1 aliphatic rings. The van der Waals surface area contributed by atoms with Crippen LogP contribution in [0.5, 0.6) is 5.75 Å². The van der Waals surface area contributed by atoms with Gasteiger partial charge in [0.25, 0.3) is 0 Å². The fourth-order valence-electron chi connectivity index (χ4n) is 3.72. The first-order chi connectivity index (χ1) is 9.60. The van der Waals surface area contributed by atoms with Crippen LogP contribution in [-0.4, -0.2) is 7.11 Å². The standard InChI is InChI=1S/C19H30O/c1-14(2)18-7-5-6-16(13-18)12-15(3)17-8-10-19(20-4)11-9-17/h8-11,14-16,18H,5-7,12-13H2,1-4H3/t15-,16-,18+/m1/s1. The summed E-state index contributed by atoms with van der Waals surface area (Å²) in [7, 11) is 1.73. The van der Waals surface area contributed by atoms with Gasteiger partial charge in [0.2, 0.25) is 0 Å². The van der Waals surface area contributed by atoms with Gasteiger partial charge in [-0.3, -0.25) is 0 Å². The molecular formula is C19H30O. The van der Waals surface area contributed by atoms with E-state index in [4.69, 9.17) is 4.74 Å².